The fraction of sp³-hybridized carbons (Fsp3) is 0.182. The van der Waals surface area contributed by atoms with Crippen molar-refractivity contribution in [2.24, 2.45) is 0 Å². The van der Waals surface area contributed by atoms with Crippen LogP contribution in [0.15, 0.2) is 42.9 Å². The number of nitrogen functional groups attached to an aromatic ring is 1. The summed E-state index contributed by atoms with van der Waals surface area (Å²) in [6, 6.07) is 10.4. The molecule has 0 aliphatic heterocycles. The molecule has 0 fully saturated rings. The quantitative estimate of drug-likeness (QED) is 0.795. The van der Waals surface area contributed by atoms with E-state index >= 15 is 0 Å². The zero-order chi connectivity index (χ0) is 9.80. The Morgan fingerprint density at radius 2 is 2.00 bits per heavy atom. The third kappa shape index (κ3) is 1.93. The molecule has 2 aromatic rings. The lowest BCUT2D eigenvalue weighted by atomic mass is 10.1. The summed E-state index contributed by atoms with van der Waals surface area (Å²) in [6.07, 6.45) is 4.42. The van der Waals surface area contributed by atoms with Crippen molar-refractivity contribution in [2.45, 2.75) is 13.0 Å². The Hall–Kier alpha value is -1.77. The molecule has 3 nitrogen and oxygen atoms in total. The third-order valence-electron chi connectivity index (χ3n) is 2.23. The van der Waals surface area contributed by atoms with Crippen LogP contribution in [0.3, 0.4) is 0 Å². The Bertz CT molecular complexity index is 392. The number of hydrogen-bond donors (Lipinski definition) is 1. The van der Waals surface area contributed by atoms with Crippen LogP contribution < -0.4 is 5.73 Å². The first-order chi connectivity index (χ1) is 6.86. The zero-order valence-corrected chi connectivity index (χ0v) is 7.93. The molecule has 0 saturated carbocycles. The van der Waals surface area contributed by atoms with Crippen molar-refractivity contribution < 1.29 is 0 Å². The van der Waals surface area contributed by atoms with E-state index in [1.807, 2.05) is 22.8 Å². The lowest BCUT2D eigenvalue weighted by Crippen LogP contribution is -2.03. The van der Waals surface area contributed by atoms with E-state index < -0.39 is 0 Å². The summed E-state index contributed by atoms with van der Waals surface area (Å²) in [5.41, 5.74) is 7.03. The van der Waals surface area contributed by atoms with Crippen LogP contribution in [0.4, 0.5) is 5.82 Å². The maximum Gasteiger partial charge on any atom is 0.123 e. The fourth-order valence-electron chi connectivity index (χ4n) is 1.41. The van der Waals surface area contributed by atoms with Crippen molar-refractivity contribution in [1.29, 1.82) is 0 Å². The van der Waals surface area contributed by atoms with Gasteiger partial charge in [-0.2, -0.15) is 0 Å². The Kier molecular flexibility index (Phi) is 2.49. The topological polar surface area (TPSA) is 43.8 Å². The van der Waals surface area contributed by atoms with Gasteiger partial charge in [0.15, 0.2) is 0 Å². The predicted octanol–water partition coefficient (Wildman–Crippen LogP) is 1.71. The second-order valence-electron chi connectivity index (χ2n) is 3.25. The van der Waals surface area contributed by atoms with E-state index in [-0.39, 0.29) is 0 Å². The van der Waals surface area contributed by atoms with E-state index in [4.69, 9.17) is 5.73 Å². The van der Waals surface area contributed by atoms with Crippen molar-refractivity contribution in [2.75, 3.05) is 5.73 Å². The highest BCUT2D eigenvalue weighted by molar-refractivity contribution is 5.25. The molecule has 0 bridgehead atoms. The summed E-state index contributed by atoms with van der Waals surface area (Å²) in [4.78, 5) is 3.97. The molecule has 0 aliphatic rings. The average Bonchev–Trinajstić information content (AvgIpc) is 2.63. The van der Waals surface area contributed by atoms with E-state index in [0.717, 1.165) is 18.8 Å². The molecule has 0 radical (unpaired) electrons. The van der Waals surface area contributed by atoms with E-state index in [2.05, 4.69) is 17.1 Å². The number of imidazole rings is 1. The van der Waals surface area contributed by atoms with Gasteiger partial charge in [-0.3, -0.25) is 0 Å². The van der Waals surface area contributed by atoms with Gasteiger partial charge in [-0.1, -0.05) is 30.3 Å². The van der Waals surface area contributed by atoms with Crippen molar-refractivity contribution >= 4 is 5.82 Å². The van der Waals surface area contributed by atoms with Gasteiger partial charge in [-0.05, 0) is 12.0 Å². The first-order valence-corrected chi connectivity index (χ1v) is 4.66. The first kappa shape index (κ1) is 8.81. The van der Waals surface area contributed by atoms with Crippen LogP contribution in [0.25, 0.3) is 0 Å². The molecule has 0 atom stereocenters. The number of aryl methyl sites for hydroxylation is 2. The van der Waals surface area contributed by atoms with Crippen LogP contribution in [0.5, 0.6) is 0 Å². The molecule has 0 aliphatic carbocycles. The minimum atomic E-state index is 0.723. The van der Waals surface area contributed by atoms with Crippen LogP contribution in [0.1, 0.15) is 5.56 Å². The van der Waals surface area contributed by atoms with Crippen LogP contribution in [-0.4, -0.2) is 9.55 Å². The third-order valence-corrected chi connectivity index (χ3v) is 2.23. The number of aromatic nitrogens is 2. The number of nitrogens with two attached hydrogens (primary N) is 1. The van der Waals surface area contributed by atoms with Gasteiger partial charge in [0, 0.05) is 6.54 Å². The summed E-state index contributed by atoms with van der Waals surface area (Å²) in [5, 5.41) is 0. The van der Waals surface area contributed by atoms with Gasteiger partial charge >= 0.3 is 0 Å². The molecule has 3 heteroatoms. The lowest BCUT2D eigenvalue weighted by Gasteiger charge is -2.04. The maximum atomic E-state index is 5.71. The highest BCUT2D eigenvalue weighted by Gasteiger charge is 1.97. The van der Waals surface area contributed by atoms with Gasteiger partial charge in [0.25, 0.3) is 0 Å². The monoisotopic (exact) mass is 187 g/mol. The van der Waals surface area contributed by atoms with E-state index in [1.165, 1.54) is 5.56 Å². The molecule has 2 rings (SSSR count). The van der Waals surface area contributed by atoms with Crippen molar-refractivity contribution in [1.82, 2.24) is 9.55 Å². The number of rotatable bonds is 3. The predicted molar refractivity (Wildman–Crippen MR) is 56.8 cm³/mol. The largest absolute Gasteiger partial charge is 0.384 e. The highest BCUT2D eigenvalue weighted by Crippen LogP contribution is 2.05. The summed E-state index contributed by atoms with van der Waals surface area (Å²) in [5.74, 6) is 0.723. The molecular formula is C11H13N3. The SMILES string of the molecule is Nc1cncn1CCc1ccccc1. The molecule has 14 heavy (non-hydrogen) atoms. The lowest BCUT2D eigenvalue weighted by molar-refractivity contribution is 0.704. The Balaban J connectivity index is 1.99. The van der Waals surface area contributed by atoms with Crippen LogP contribution in [0, 0.1) is 0 Å². The minimum absolute atomic E-state index is 0.723. The van der Waals surface area contributed by atoms with Gasteiger partial charge in [0.05, 0.1) is 12.5 Å². The van der Waals surface area contributed by atoms with Crippen LogP contribution >= 0.6 is 0 Å². The van der Waals surface area contributed by atoms with E-state index in [0.29, 0.717) is 0 Å². The number of anilines is 1. The molecule has 1 aromatic carbocycles. The maximum absolute atomic E-state index is 5.71. The van der Waals surface area contributed by atoms with Gasteiger partial charge in [0.1, 0.15) is 5.82 Å². The minimum Gasteiger partial charge on any atom is -0.384 e. The summed E-state index contributed by atoms with van der Waals surface area (Å²) in [7, 11) is 0. The molecule has 2 N–H and O–H groups in total. The van der Waals surface area contributed by atoms with Crippen molar-refractivity contribution in [3.8, 4) is 0 Å². The van der Waals surface area contributed by atoms with Gasteiger partial charge < -0.3 is 10.3 Å². The average molecular weight is 187 g/mol. The Morgan fingerprint density at radius 3 is 2.64 bits per heavy atom. The van der Waals surface area contributed by atoms with Crippen molar-refractivity contribution in [3.05, 3.63) is 48.4 Å². The summed E-state index contributed by atoms with van der Waals surface area (Å²) < 4.78 is 1.95. The molecule has 0 saturated heterocycles. The van der Waals surface area contributed by atoms with Gasteiger partial charge in [-0.15, -0.1) is 0 Å². The molecule has 1 heterocycles. The number of benzene rings is 1. The van der Waals surface area contributed by atoms with Crippen LogP contribution in [-0.2, 0) is 13.0 Å². The van der Waals surface area contributed by atoms with Crippen molar-refractivity contribution in [3.63, 3.8) is 0 Å². The standard InChI is InChI=1S/C11H13N3/c12-11-8-13-9-14(11)7-6-10-4-2-1-3-5-10/h1-5,8-9H,6-7,12H2. The Morgan fingerprint density at radius 1 is 1.21 bits per heavy atom. The number of hydrogen-bond acceptors (Lipinski definition) is 2. The second kappa shape index (κ2) is 3.96. The molecule has 1 aromatic heterocycles. The first-order valence-electron chi connectivity index (χ1n) is 4.66. The molecule has 0 unspecified atom stereocenters. The Labute approximate surface area is 83.2 Å². The van der Waals surface area contributed by atoms with E-state index in [9.17, 15) is 0 Å². The van der Waals surface area contributed by atoms with Gasteiger partial charge in [0.2, 0.25) is 0 Å². The normalized spacial score (nSPS) is 10.3. The molecule has 0 spiro atoms. The second-order valence-corrected chi connectivity index (χ2v) is 3.25. The van der Waals surface area contributed by atoms with Gasteiger partial charge in [-0.25, -0.2) is 4.98 Å². The number of nitrogens with zero attached hydrogens (tertiary/aromatic N) is 2. The zero-order valence-electron chi connectivity index (χ0n) is 7.93. The smallest absolute Gasteiger partial charge is 0.123 e. The highest BCUT2D eigenvalue weighted by atomic mass is 15.1. The fourth-order valence-corrected chi connectivity index (χ4v) is 1.41. The summed E-state index contributed by atoms with van der Waals surface area (Å²) in [6.45, 7) is 0.885. The summed E-state index contributed by atoms with van der Waals surface area (Å²) >= 11 is 0. The van der Waals surface area contributed by atoms with Crippen LogP contribution in [0.2, 0.25) is 0 Å². The molecule has 72 valence electrons. The molecule has 0 amide bonds. The molecular weight excluding hydrogens is 174 g/mol. The van der Waals surface area contributed by atoms with E-state index in [1.54, 1.807) is 12.5 Å².